The van der Waals surface area contributed by atoms with Gasteiger partial charge in [0.05, 0.1) is 0 Å². The van der Waals surface area contributed by atoms with Crippen LogP contribution < -0.4 is 10.6 Å². The van der Waals surface area contributed by atoms with Crippen LogP contribution in [0.4, 0.5) is 4.79 Å². The Hall–Kier alpha value is -1.77. The molecule has 3 nitrogen and oxygen atoms in total. The normalized spacial score (nSPS) is 15.8. The third-order valence-electron chi connectivity index (χ3n) is 4.25. The number of unbranched alkanes of at least 4 members (excludes halogenated alkanes) is 1. The molecule has 0 aliphatic heterocycles. The topological polar surface area (TPSA) is 41.1 Å². The number of nitrogens with one attached hydrogen (secondary N) is 2. The van der Waals surface area contributed by atoms with Gasteiger partial charge in [-0.3, -0.25) is 0 Å². The molecule has 0 bridgehead atoms. The summed E-state index contributed by atoms with van der Waals surface area (Å²) in [4.78, 5) is 11.6. The average molecular weight is 300 g/mol. The Labute approximate surface area is 134 Å². The molecule has 2 amide bonds. The van der Waals surface area contributed by atoms with Crippen molar-refractivity contribution in [3.63, 3.8) is 0 Å². The Kier molecular flexibility index (Phi) is 7.57. The first-order valence-electron chi connectivity index (χ1n) is 8.59. The number of rotatable bonds is 7. The van der Waals surface area contributed by atoms with Crippen molar-refractivity contribution in [2.75, 3.05) is 6.54 Å². The van der Waals surface area contributed by atoms with E-state index >= 15 is 0 Å². The molecular formula is C19H28N2O. The van der Waals surface area contributed by atoms with E-state index in [0.29, 0.717) is 5.92 Å². The van der Waals surface area contributed by atoms with Gasteiger partial charge in [0.2, 0.25) is 0 Å². The van der Waals surface area contributed by atoms with E-state index < -0.39 is 0 Å². The molecule has 3 heteroatoms. The lowest BCUT2D eigenvalue weighted by molar-refractivity contribution is 0.244. The molecule has 1 saturated carbocycles. The number of urea groups is 1. The molecular weight excluding hydrogens is 272 g/mol. The standard InChI is InChI=1S/C19H28N2O/c22-19(21-16-14-18-11-5-2-6-12-18)20-15-8-7-13-17-9-3-1-4-10-17/h1,3-4,9-10,14,16,18H,2,5-8,11-13,15H2,(H2,20,21,22)/b16-14+. The van der Waals surface area contributed by atoms with Crippen molar-refractivity contribution >= 4 is 6.03 Å². The Balaban J connectivity index is 1.49. The highest BCUT2D eigenvalue weighted by molar-refractivity contribution is 5.74. The Bertz CT molecular complexity index is 450. The summed E-state index contributed by atoms with van der Waals surface area (Å²) in [5.41, 5.74) is 1.36. The van der Waals surface area contributed by atoms with Crippen LogP contribution in [-0.4, -0.2) is 12.6 Å². The van der Waals surface area contributed by atoms with Crippen LogP contribution in [0.25, 0.3) is 0 Å². The van der Waals surface area contributed by atoms with Crippen LogP contribution in [0, 0.1) is 5.92 Å². The molecule has 0 unspecified atom stereocenters. The zero-order chi connectivity index (χ0) is 15.5. The van der Waals surface area contributed by atoms with E-state index in [0.717, 1.165) is 25.8 Å². The highest BCUT2D eigenvalue weighted by Gasteiger charge is 2.09. The molecule has 120 valence electrons. The fraction of sp³-hybridized carbons (Fsp3) is 0.526. The van der Waals surface area contributed by atoms with Gasteiger partial charge >= 0.3 is 6.03 Å². The number of aryl methyl sites for hydroxylation is 1. The molecule has 2 rings (SSSR count). The first kappa shape index (κ1) is 16.6. The van der Waals surface area contributed by atoms with E-state index in [-0.39, 0.29) is 6.03 Å². The molecule has 0 heterocycles. The number of carbonyl (C=O) groups excluding carboxylic acids is 1. The fourth-order valence-electron chi connectivity index (χ4n) is 2.94. The minimum atomic E-state index is -0.0910. The second-order valence-electron chi connectivity index (χ2n) is 6.10. The Morgan fingerprint density at radius 1 is 1.09 bits per heavy atom. The molecule has 0 atom stereocenters. The first-order valence-corrected chi connectivity index (χ1v) is 8.59. The largest absolute Gasteiger partial charge is 0.338 e. The van der Waals surface area contributed by atoms with Gasteiger partial charge in [0, 0.05) is 12.7 Å². The van der Waals surface area contributed by atoms with E-state index in [4.69, 9.17) is 0 Å². The Morgan fingerprint density at radius 2 is 1.86 bits per heavy atom. The second-order valence-corrected chi connectivity index (χ2v) is 6.10. The number of hydrogen-bond donors (Lipinski definition) is 2. The maximum Gasteiger partial charge on any atom is 0.318 e. The van der Waals surface area contributed by atoms with E-state index in [1.165, 1.54) is 37.7 Å². The molecule has 0 spiro atoms. The van der Waals surface area contributed by atoms with Gasteiger partial charge in [0.25, 0.3) is 0 Å². The fourth-order valence-corrected chi connectivity index (χ4v) is 2.94. The van der Waals surface area contributed by atoms with Gasteiger partial charge in [-0.05, 0) is 43.6 Å². The van der Waals surface area contributed by atoms with Gasteiger partial charge in [-0.15, -0.1) is 0 Å². The summed E-state index contributed by atoms with van der Waals surface area (Å²) >= 11 is 0. The summed E-state index contributed by atoms with van der Waals surface area (Å²) in [5.74, 6) is 0.653. The van der Waals surface area contributed by atoms with E-state index in [1.807, 2.05) is 12.3 Å². The van der Waals surface area contributed by atoms with Crippen molar-refractivity contribution in [1.29, 1.82) is 0 Å². The second kappa shape index (κ2) is 10.0. The summed E-state index contributed by atoms with van der Waals surface area (Å²) in [6.07, 6.45) is 13.7. The highest BCUT2D eigenvalue weighted by Crippen LogP contribution is 2.24. The van der Waals surface area contributed by atoms with E-state index in [1.54, 1.807) is 0 Å². The first-order chi connectivity index (χ1) is 10.8. The van der Waals surface area contributed by atoms with Crippen molar-refractivity contribution in [3.8, 4) is 0 Å². The summed E-state index contributed by atoms with van der Waals surface area (Å²) < 4.78 is 0. The van der Waals surface area contributed by atoms with Crippen molar-refractivity contribution in [2.24, 2.45) is 5.92 Å². The smallest absolute Gasteiger partial charge is 0.318 e. The molecule has 1 aliphatic carbocycles. The molecule has 22 heavy (non-hydrogen) atoms. The molecule has 1 aromatic carbocycles. The van der Waals surface area contributed by atoms with Gasteiger partial charge in [-0.2, -0.15) is 0 Å². The quantitative estimate of drug-likeness (QED) is 0.720. The average Bonchev–Trinajstić information content (AvgIpc) is 2.56. The minimum absolute atomic E-state index is 0.0910. The zero-order valence-electron chi connectivity index (χ0n) is 13.4. The molecule has 0 radical (unpaired) electrons. The molecule has 0 saturated heterocycles. The van der Waals surface area contributed by atoms with Crippen molar-refractivity contribution < 1.29 is 4.79 Å². The SMILES string of the molecule is O=C(N/C=C/C1CCCCC1)NCCCCc1ccccc1. The van der Waals surface area contributed by atoms with Gasteiger partial charge in [0.15, 0.2) is 0 Å². The van der Waals surface area contributed by atoms with Crippen LogP contribution in [0.5, 0.6) is 0 Å². The molecule has 1 aliphatic rings. The van der Waals surface area contributed by atoms with Crippen LogP contribution in [0.2, 0.25) is 0 Å². The van der Waals surface area contributed by atoms with Crippen LogP contribution >= 0.6 is 0 Å². The predicted octanol–water partition coefficient (Wildman–Crippen LogP) is 4.40. The minimum Gasteiger partial charge on any atom is -0.338 e. The number of amides is 2. The maximum atomic E-state index is 11.6. The van der Waals surface area contributed by atoms with Gasteiger partial charge in [-0.1, -0.05) is 55.7 Å². The number of allylic oxidation sites excluding steroid dienone is 1. The van der Waals surface area contributed by atoms with Crippen molar-refractivity contribution in [2.45, 2.75) is 51.4 Å². The number of hydrogen-bond acceptors (Lipinski definition) is 1. The predicted molar refractivity (Wildman–Crippen MR) is 91.6 cm³/mol. The van der Waals surface area contributed by atoms with Gasteiger partial charge in [-0.25, -0.2) is 4.79 Å². The lowest BCUT2D eigenvalue weighted by atomic mass is 9.89. The third kappa shape index (κ3) is 6.79. The van der Waals surface area contributed by atoms with Crippen molar-refractivity contribution in [3.05, 3.63) is 48.2 Å². The summed E-state index contributed by atoms with van der Waals surface area (Å²) in [6.45, 7) is 0.732. The zero-order valence-corrected chi connectivity index (χ0v) is 13.4. The summed E-state index contributed by atoms with van der Waals surface area (Å²) in [7, 11) is 0. The van der Waals surface area contributed by atoms with E-state index in [9.17, 15) is 4.79 Å². The molecule has 0 aromatic heterocycles. The van der Waals surface area contributed by atoms with Gasteiger partial charge in [0.1, 0.15) is 0 Å². The molecule has 1 aromatic rings. The Morgan fingerprint density at radius 3 is 2.64 bits per heavy atom. The van der Waals surface area contributed by atoms with Crippen molar-refractivity contribution in [1.82, 2.24) is 10.6 Å². The molecule has 1 fully saturated rings. The maximum absolute atomic E-state index is 11.6. The van der Waals surface area contributed by atoms with Crippen LogP contribution in [0.1, 0.15) is 50.5 Å². The number of benzene rings is 1. The molecule has 2 N–H and O–H groups in total. The van der Waals surface area contributed by atoms with E-state index in [2.05, 4.69) is 41.0 Å². The lowest BCUT2D eigenvalue weighted by Gasteiger charge is -2.17. The van der Waals surface area contributed by atoms with Crippen LogP contribution in [0.15, 0.2) is 42.6 Å². The third-order valence-corrected chi connectivity index (χ3v) is 4.25. The number of carbonyl (C=O) groups is 1. The summed E-state index contributed by atoms with van der Waals surface area (Å²) in [5, 5.41) is 5.71. The van der Waals surface area contributed by atoms with Crippen LogP contribution in [-0.2, 0) is 6.42 Å². The summed E-state index contributed by atoms with van der Waals surface area (Å²) in [6, 6.07) is 10.4. The van der Waals surface area contributed by atoms with Crippen LogP contribution in [0.3, 0.4) is 0 Å². The lowest BCUT2D eigenvalue weighted by Crippen LogP contribution is -2.32. The monoisotopic (exact) mass is 300 g/mol. The van der Waals surface area contributed by atoms with Gasteiger partial charge < -0.3 is 10.6 Å². The highest BCUT2D eigenvalue weighted by atomic mass is 16.2.